The molecule has 0 aliphatic rings. The molecule has 0 fully saturated rings. The Balaban J connectivity index is 4.30. The van der Waals surface area contributed by atoms with E-state index in [4.69, 9.17) is 14.2 Å². The lowest BCUT2D eigenvalue weighted by atomic mass is 10.0. The Hall–Kier alpha value is -3.15. The van der Waals surface area contributed by atoms with Gasteiger partial charge in [-0.15, -0.1) is 0 Å². The van der Waals surface area contributed by atoms with Crippen LogP contribution in [0.2, 0.25) is 0 Å². The molecule has 0 aliphatic carbocycles. The lowest BCUT2D eigenvalue weighted by molar-refractivity contribution is -0.167. The van der Waals surface area contributed by atoms with Crippen LogP contribution in [0.15, 0.2) is 72.9 Å². The fraction of sp³-hybridized carbons (Fsp3) is 0.792. The molecule has 0 spiro atoms. The first kappa shape index (κ1) is 74.8. The van der Waals surface area contributed by atoms with Gasteiger partial charge in [0.25, 0.3) is 0 Å². The molecular formula is C72H128O6. The molecule has 0 rings (SSSR count). The van der Waals surface area contributed by atoms with Crippen LogP contribution >= 0.6 is 0 Å². The summed E-state index contributed by atoms with van der Waals surface area (Å²) in [5.74, 6) is -0.905. The van der Waals surface area contributed by atoms with Gasteiger partial charge in [0.1, 0.15) is 13.2 Å². The first-order chi connectivity index (χ1) is 38.5. The fourth-order valence-corrected chi connectivity index (χ4v) is 9.88. The molecule has 6 heteroatoms. The van der Waals surface area contributed by atoms with Gasteiger partial charge in [-0.05, 0) is 89.9 Å². The zero-order chi connectivity index (χ0) is 56.4. The molecule has 0 saturated carbocycles. The average Bonchev–Trinajstić information content (AvgIpc) is 3.44. The number of esters is 3. The van der Waals surface area contributed by atoms with Crippen molar-refractivity contribution >= 4 is 17.9 Å². The Bertz CT molecular complexity index is 1440. The van der Waals surface area contributed by atoms with Crippen LogP contribution < -0.4 is 0 Å². The second-order valence-corrected chi connectivity index (χ2v) is 22.7. The van der Waals surface area contributed by atoms with Crippen molar-refractivity contribution < 1.29 is 28.6 Å². The standard InChI is InChI=1S/C72H128O6/c1-4-7-10-13-16-19-22-25-27-29-31-33-35-37-38-40-42-44-47-50-53-56-59-62-65-71(74)77-68-69(67-76-70(73)64-61-58-55-52-49-46-24-21-18-15-12-9-6-3)78-72(75)66-63-60-57-54-51-48-45-43-41-39-36-34-32-30-28-26-23-20-17-14-11-8-5-2/h9,12,18,21,23,26,30,32,36,39,46,49,69H,4-8,10-11,13-17,19-20,22,24-25,27-29,31,33-35,37-38,40-45,47-48,50-68H2,1-3H3/b12-9-,21-18-,26-23-,32-30-,39-36-,49-46-. The van der Waals surface area contributed by atoms with Gasteiger partial charge in [0.2, 0.25) is 0 Å². The monoisotopic (exact) mass is 1090 g/mol. The van der Waals surface area contributed by atoms with Crippen molar-refractivity contribution in [2.45, 2.75) is 354 Å². The van der Waals surface area contributed by atoms with Gasteiger partial charge in [-0.25, -0.2) is 0 Å². The molecule has 0 aromatic heterocycles. The summed E-state index contributed by atoms with van der Waals surface area (Å²) in [7, 11) is 0. The van der Waals surface area contributed by atoms with Crippen LogP contribution in [0.3, 0.4) is 0 Å². The largest absolute Gasteiger partial charge is 0.462 e. The van der Waals surface area contributed by atoms with E-state index in [-0.39, 0.29) is 31.1 Å². The van der Waals surface area contributed by atoms with Crippen molar-refractivity contribution in [2.75, 3.05) is 13.2 Å². The topological polar surface area (TPSA) is 78.9 Å². The van der Waals surface area contributed by atoms with Crippen LogP contribution in [0.25, 0.3) is 0 Å². The molecule has 1 unspecified atom stereocenters. The molecule has 78 heavy (non-hydrogen) atoms. The lowest BCUT2D eigenvalue weighted by Gasteiger charge is -2.18. The Labute approximate surface area is 484 Å². The van der Waals surface area contributed by atoms with E-state index in [0.717, 1.165) is 103 Å². The highest BCUT2D eigenvalue weighted by molar-refractivity contribution is 5.71. The normalized spacial score (nSPS) is 12.5. The van der Waals surface area contributed by atoms with E-state index in [0.29, 0.717) is 19.3 Å². The average molecular weight is 1090 g/mol. The minimum Gasteiger partial charge on any atom is -0.462 e. The molecule has 452 valence electrons. The molecule has 0 amide bonds. The van der Waals surface area contributed by atoms with E-state index in [1.54, 1.807) is 0 Å². The molecule has 0 saturated heterocycles. The first-order valence-corrected chi connectivity index (χ1v) is 33.9. The smallest absolute Gasteiger partial charge is 0.306 e. The number of hydrogen-bond donors (Lipinski definition) is 0. The minimum atomic E-state index is -0.792. The Kier molecular flexibility index (Phi) is 63.7. The van der Waals surface area contributed by atoms with Crippen molar-refractivity contribution in [1.29, 1.82) is 0 Å². The van der Waals surface area contributed by atoms with Crippen LogP contribution in [-0.2, 0) is 28.6 Å². The van der Waals surface area contributed by atoms with E-state index >= 15 is 0 Å². The van der Waals surface area contributed by atoms with Gasteiger partial charge in [-0.3, -0.25) is 14.4 Å². The maximum Gasteiger partial charge on any atom is 0.306 e. The molecule has 0 radical (unpaired) electrons. The van der Waals surface area contributed by atoms with E-state index < -0.39 is 6.10 Å². The summed E-state index contributed by atoms with van der Waals surface area (Å²) in [5.41, 5.74) is 0. The van der Waals surface area contributed by atoms with Crippen molar-refractivity contribution in [3.63, 3.8) is 0 Å². The quantitative estimate of drug-likeness (QED) is 0.0261. The van der Waals surface area contributed by atoms with E-state index in [1.165, 1.54) is 205 Å². The van der Waals surface area contributed by atoms with Gasteiger partial charge in [0.15, 0.2) is 6.10 Å². The molecular weight excluding hydrogens is 961 g/mol. The number of allylic oxidation sites excluding steroid dienone is 12. The van der Waals surface area contributed by atoms with E-state index in [2.05, 4.69) is 93.7 Å². The third-order valence-corrected chi connectivity index (χ3v) is 14.9. The van der Waals surface area contributed by atoms with Gasteiger partial charge in [0, 0.05) is 19.3 Å². The lowest BCUT2D eigenvalue weighted by Crippen LogP contribution is -2.30. The highest BCUT2D eigenvalue weighted by atomic mass is 16.6. The second kappa shape index (κ2) is 66.4. The predicted octanol–water partition coefficient (Wildman–Crippen LogP) is 23.3. The summed E-state index contributed by atoms with van der Waals surface area (Å²) in [4.78, 5) is 38.4. The number of rotatable bonds is 62. The highest BCUT2D eigenvalue weighted by Crippen LogP contribution is 2.18. The molecule has 6 nitrogen and oxygen atoms in total. The van der Waals surface area contributed by atoms with E-state index in [1.807, 2.05) is 0 Å². The van der Waals surface area contributed by atoms with Gasteiger partial charge in [0.05, 0.1) is 0 Å². The summed E-state index contributed by atoms with van der Waals surface area (Å²) in [6.07, 6.45) is 86.4. The Morgan fingerprint density at radius 1 is 0.269 bits per heavy atom. The van der Waals surface area contributed by atoms with Crippen molar-refractivity contribution in [1.82, 2.24) is 0 Å². The van der Waals surface area contributed by atoms with Crippen LogP contribution in [0, 0.1) is 0 Å². The molecule has 0 aromatic carbocycles. The summed E-state index contributed by atoms with van der Waals surface area (Å²) in [6.45, 7) is 6.53. The summed E-state index contributed by atoms with van der Waals surface area (Å²) >= 11 is 0. The fourth-order valence-electron chi connectivity index (χ4n) is 9.88. The third-order valence-electron chi connectivity index (χ3n) is 14.9. The van der Waals surface area contributed by atoms with Crippen molar-refractivity contribution in [2.24, 2.45) is 0 Å². The summed E-state index contributed by atoms with van der Waals surface area (Å²) in [5, 5.41) is 0. The number of carbonyl (C=O) groups is 3. The van der Waals surface area contributed by atoms with Crippen molar-refractivity contribution in [3.8, 4) is 0 Å². The summed E-state index contributed by atoms with van der Waals surface area (Å²) in [6, 6.07) is 0. The first-order valence-electron chi connectivity index (χ1n) is 33.9. The van der Waals surface area contributed by atoms with Crippen LogP contribution in [-0.4, -0.2) is 37.2 Å². The van der Waals surface area contributed by atoms with Crippen LogP contribution in [0.5, 0.6) is 0 Å². The number of hydrogen-bond acceptors (Lipinski definition) is 6. The van der Waals surface area contributed by atoms with Gasteiger partial charge >= 0.3 is 17.9 Å². The SMILES string of the molecule is CC/C=C\C/C=C\C/C=C\CCCCCC(=O)OCC(COC(=O)CCCCCCCCCCCCCCCCCCCCCCCCCC)OC(=O)CCCCCCCCCC/C=C\C/C=C\C/C=C\CCCCCCC. The molecule has 0 heterocycles. The van der Waals surface area contributed by atoms with Gasteiger partial charge in [-0.1, -0.05) is 312 Å². The molecule has 0 aliphatic heterocycles. The summed E-state index contributed by atoms with van der Waals surface area (Å²) < 4.78 is 16.9. The second-order valence-electron chi connectivity index (χ2n) is 22.7. The number of carbonyl (C=O) groups excluding carboxylic acids is 3. The van der Waals surface area contributed by atoms with Crippen LogP contribution in [0.1, 0.15) is 348 Å². The molecule has 0 bridgehead atoms. The van der Waals surface area contributed by atoms with E-state index in [9.17, 15) is 14.4 Å². The Morgan fingerprint density at radius 2 is 0.500 bits per heavy atom. The van der Waals surface area contributed by atoms with Gasteiger partial charge in [-0.2, -0.15) is 0 Å². The zero-order valence-corrected chi connectivity index (χ0v) is 51.9. The third kappa shape index (κ3) is 63.7. The maximum atomic E-state index is 12.9. The minimum absolute atomic E-state index is 0.0850. The van der Waals surface area contributed by atoms with Crippen molar-refractivity contribution in [3.05, 3.63) is 72.9 Å². The molecule has 1 atom stereocenters. The van der Waals surface area contributed by atoms with Gasteiger partial charge < -0.3 is 14.2 Å². The highest BCUT2D eigenvalue weighted by Gasteiger charge is 2.19. The van der Waals surface area contributed by atoms with Crippen LogP contribution in [0.4, 0.5) is 0 Å². The predicted molar refractivity (Wildman–Crippen MR) is 339 cm³/mol. The maximum absolute atomic E-state index is 12.9. The number of unbranched alkanes of at least 4 members (excludes halogenated alkanes) is 39. The Morgan fingerprint density at radius 3 is 0.795 bits per heavy atom. The zero-order valence-electron chi connectivity index (χ0n) is 51.9. The molecule has 0 N–H and O–H groups in total. The number of ether oxygens (including phenoxy) is 3. The molecule has 0 aromatic rings.